The van der Waals surface area contributed by atoms with Crippen LogP contribution in [0.5, 0.6) is 0 Å². The fourth-order valence-corrected chi connectivity index (χ4v) is 9.46. The van der Waals surface area contributed by atoms with Crippen molar-refractivity contribution in [3.8, 4) is 0 Å². The van der Waals surface area contributed by atoms with Crippen LogP contribution in [0.15, 0.2) is 0 Å². The van der Waals surface area contributed by atoms with Gasteiger partial charge in [-0.3, -0.25) is 14.4 Å². The molecule has 0 aromatic rings. The van der Waals surface area contributed by atoms with Gasteiger partial charge in [-0.15, -0.1) is 0 Å². The monoisotopic (exact) mass is 947 g/mol. The van der Waals surface area contributed by atoms with Crippen molar-refractivity contribution in [1.29, 1.82) is 0 Å². The van der Waals surface area contributed by atoms with E-state index in [1.165, 1.54) is 244 Å². The molecule has 6 heteroatoms. The zero-order valence-corrected chi connectivity index (χ0v) is 45.9. The molecule has 0 fully saturated rings. The summed E-state index contributed by atoms with van der Waals surface area (Å²) in [5, 5.41) is 0. The van der Waals surface area contributed by atoms with Crippen molar-refractivity contribution in [3.63, 3.8) is 0 Å². The van der Waals surface area contributed by atoms with E-state index in [9.17, 15) is 14.4 Å². The van der Waals surface area contributed by atoms with Gasteiger partial charge in [0.15, 0.2) is 6.10 Å². The van der Waals surface area contributed by atoms with Gasteiger partial charge in [0, 0.05) is 19.3 Å². The highest BCUT2D eigenvalue weighted by Gasteiger charge is 2.19. The van der Waals surface area contributed by atoms with Gasteiger partial charge in [0.2, 0.25) is 0 Å². The van der Waals surface area contributed by atoms with Gasteiger partial charge in [-0.25, -0.2) is 0 Å². The second kappa shape index (κ2) is 55.3. The SMILES string of the molecule is CCCCCCCCCCCCCCCCCCCCCC(=O)OC[C@H](COC(=O)CCCCCCCCCCCCCC)OC(=O)CCCCCCCCCCCCCCCCCC(C)C. The van der Waals surface area contributed by atoms with E-state index in [0.717, 1.165) is 63.7 Å². The normalized spacial score (nSPS) is 12.0. The Bertz CT molecular complexity index is 1010. The number of ether oxygens (including phenoxy) is 3. The molecule has 6 nitrogen and oxygen atoms in total. The van der Waals surface area contributed by atoms with Gasteiger partial charge in [0.25, 0.3) is 0 Å². The second-order valence-electron chi connectivity index (χ2n) is 21.5. The van der Waals surface area contributed by atoms with Crippen LogP contribution in [-0.4, -0.2) is 37.2 Å². The van der Waals surface area contributed by atoms with E-state index in [1.54, 1.807) is 0 Å². The first-order valence-corrected chi connectivity index (χ1v) is 30.4. The van der Waals surface area contributed by atoms with E-state index in [0.29, 0.717) is 19.3 Å². The van der Waals surface area contributed by atoms with E-state index in [-0.39, 0.29) is 31.1 Å². The smallest absolute Gasteiger partial charge is 0.306 e. The lowest BCUT2D eigenvalue weighted by atomic mass is 10.0. The van der Waals surface area contributed by atoms with Crippen molar-refractivity contribution in [2.45, 2.75) is 355 Å². The first-order chi connectivity index (χ1) is 32.9. The Balaban J connectivity index is 4.25. The summed E-state index contributed by atoms with van der Waals surface area (Å²) < 4.78 is 16.9. The molecule has 0 unspecified atom stereocenters. The average molecular weight is 948 g/mol. The molecule has 0 aromatic carbocycles. The average Bonchev–Trinajstić information content (AvgIpc) is 3.31. The summed E-state index contributed by atoms with van der Waals surface area (Å²) in [4.78, 5) is 38.2. The molecule has 0 aliphatic heterocycles. The Morgan fingerprint density at radius 3 is 0.731 bits per heavy atom. The van der Waals surface area contributed by atoms with Crippen LogP contribution >= 0.6 is 0 Å². The Morgan fingerprint density at radius 2 is 0.493 bits per heavy atom. The fourth-order valence-electron chi connectivity index (χ4n) is 9.46. The molecule has 0 saturated carbocycles. The molecule has 398 valence electrons. The number of rotatable bonds is 56. The molecule has 0 amide bonds. The van der Waals surface area contributed by atoms with Gasteiger partial charge in [-0.2, -0.15) is 0 Å². The minimum absolute atomic E-state index is 0.0615. The Labute approximate surface area is 418 Å². The molecular weight excluding hydrogens is 829 g/mol. The summed E-state index contributed by atoms with van der Waals surface area (Å²) in [5.74, 6) is 0.0157. The molecule has 0 rings (SSSR count). The minimum atomic E-state index is -0.762. The van der Waals surface area contributed by atoms with Crippen LogP contribution in [0.4, 0.5) is 0 Å². The van der Waals surface area contributed by atoms with Gasteiger partial charge in [0.05, 0.1) is 0 Å². The van der Waals surface area contributed by atoms with Gasteiger partial charge < -0.3 is 14.2 Å². The lowest BCUT2D eigenvalue weighted by Crippen LogP contribution is -2.30. The van der Waals surface area contributed by atoms with E-state index >= 15 is 0 Å². The highest BCUT2D eigenvalue weighted by molar-refractivity contribution is 5.71. The lowest BCUT2D eigenvalue weighted by molar-refractivity contribution is -0.167. The summed E-state index contributed by atoms with van der Waals surface area (Å²) in [7, 11) is 0. The molecule has 0 N–H and O–H groups in total. The number of carbonyl (C=O) groups excluding carboxylic acids is 3. The Morgan fingerprint density at radius 1 is 0.284 bits per heavy atom. The van der Waals surface area contributed by atoms with Gasteiger partial charge in [-0.1, -0.05) is 310 Å². The summed E-state index contributed by atoms with van der Waals surface area (Å²) in [6, 6.07) is 0. The molecule has 1 atom stereocenters. The summed E-state index contributed by atoms with van der Waals surface area (Å²) in [6.07, 6.45) is 61.0. The number of carbonyl (C=O) groups is 3. The van der Waals surface area contributed by atoms with E-state index < -0.39 is 6.10 Å². The van der Waals surface area contributed by atoms with Crippen molar-refractivity contribution in [2.24, 2.45) is 5.92 Å². The van der Waals surface area contributed by atoms with E-state index in [2.05, 4.69) is 27.7 Å². The van der Waals surface area contributed by atoms with Crippen molar-refractivity contribution in [2.75, 3.05) is 13.2 Å². The maximum absolute atomic E-state index is 12.9. The standard InChI is InChI=1S/C61H118O6/c1-5-7-9-11-13-15-17-19-20-21-22-23-26-29-33-37-41-45-49-53-60(63)66-56-58(55-65-59(62)52-48-44-40-36-32-18-16-14-12-10-8-6-2)67-61(64)54-50-46-42-38-34-30-27-24-25-28-31-35-39-43-47-51-57(3)4/h57-58H,5-56H2,1-4H3/t58-/m0/s1. The maximum Gasteiger partial charge on any atom is 0.306 e. The number of unbranched alkanes of at least 4 members (excludes halogenated alkanes) is 43. The zero-order chi connectivity index (χ0) is 48.8. The summed E-state index contributed by atoms with van der Waals surface area (Å²) in [6.45, 7) is 9.08. The highest BCUT2D eigenvalue weighted by Crippen LogP contribution is 2.18. The number of esters is 3. The van der Waals surface area contributed by atoms with Crippen LogP contribution in [0.3, 0.4) is 0 Å². The van der Waals surface area contributed by atoms with Crippen LogP contribution in [-0.2, 0) is 28.6 Å². The van der Waals surface area contributed by atoms with E-state index in [4.69, 9.17) is 14.2 Å². The van der Waals surface area contributed by atoms with Crippen LogP contribution in [0.1, 0.15) is 349 Å². The third kappa shape index (κ3) is 55.2. The molecule has 0 radical (unpaired) electrons. The van der Waals surface area contributed by atoms with Gasteiger partial charge in [-0.05, 0) is 25.2 Å². The Kier molecular flexibility index (Phi) is 54.0. The molecule has 67 heavy (non-hydrogen) atoms. The zero-order valence-electron chi connectivity index (χ0n) is 45.9. The topological polar surface area (TPSA) is 78.9 Å². The van der Waals surface area contributed by atoms with Gasteiger partial charge in [0.1, 0.15) is 13.2 Å². The van der Waals surface area contributed by atoms with Crippen molar-refractivity contribution >= 4 is 17.9 Å². The second-order valence-corrected chi connectivity index (χ2v) is 21.5. The first kappa shape index (κ1) is 65.4. The Hall–Kier alpha value is -1.59. The first-order valence-electron chi connectivity index (χ1n) is 30.4. The van der Waals surface area contributed by atoms with Crippen LogP contribution in [0.25, 0.3) is 0 Å². The third-order valence-electron chi connectivity index (χ3n) is 14.0. The van der Waals surface area contributed by atoms with Crippen molar-refractivity contribution < 1.29 is 28.6 Å². The molecule has 0 aliphatic carbocycles. The van der Waals surface area contributed by atoms with Crippen LogP contribution in [0.2, 0.25) is 0 Å². The number of hydrogen-bond donors (Lipinski definition) is 0. The summed E-state index contributed by atoms with van der Waals surface area (Å²) in [5.41, 5.74) is 0. The van der Waals surface area contributed by atoms with E-state index in [1.807, 2.05) is 0 Å². The van der Waals surface area contributed by atoms with Crippen molar-refractivity contribution in [3.05, 3.63) is 0 Å². The summed E-state index contributed by atoms with van der Waals surface area (Å²) >= 11 is 0. The molecule has 0 spiro atoms. The quantitative estimate of drug-likeness (QED) is 0.0343. The van der Waals surface area contributed by atoms with Crippen molar-refractivity contribution in [1.82, 2.24) is 0 Å². The molecule has 0 heterocycles. The minimum Gasteiger partial charge on any atom is -0.462 e. The predicted molar refractivity (Wildman–Crippen MR) is 289 cm³/mol. The van der Waals surface area contributed by atoms with Gasteiger partial charge >= 0.3 is 17.9 Å². The molecule has 0 saturated heterocycles. The molecule has 0 bridgehead atoms. The molecular formula is C61H118O6. The molecule has 0 aromatic heterocycles. The predicted octanol–water partition coefficient (Wildman–Crippen LogP) is 20.2. The van der Waals surface area contributed by atoms with Crippen LogP contribution in [0, 0.1) is 5.92 Å². The fraction of sp³-hybridized carbons (Fsp3) is 0.951. The molecule has 0 aliphatic rings. The van der Waals surface area contributed by atoms with Crippen LogP contribution < -0.4 is 0 Å². The highest BCUT2D eigenvalue weighted by atomic mass is 16.6. The third-order valence-corrected chi connectivity index (χ3v) is 14.0. The lowest BCUT2D eigenvalue weighted by Gasteiger charge is -2.18. The largest absolute Gasteiger partial charge is 0.462 e. The maximum atomic E-state index is 12.9. The number of hydrogen-bond acceptors (Lipinski definition) is 6.